The second-order valence-electron chi connectivity index (χ2n) is 5.25. The number of ketones is 1. The lowest BCUT2D eigenvalue weighted by molar-refractivity contribution is -0.119. The number of aromatic nitrogens is 2. The number of nitrogens with one attached hydrogen (secondary N) is 2. The number of amides is 1. The molecule has 0 atom stereocenters. The monoisotopic (exact) mass is 388 g/mol. The molecule has 0 unspecified atom stereocenters. The zero-order valence-corrected chi connectivity index (χ0v) is 15.5. The number of hydrogen-bond donors (Lipinski definition) is 2. The van der Waals surface area contributed by atoms with Gasteiger partial charge in [0.15, 0.2) is 10.1 Å². The van der Waals surface area contributed by atoms with E-state index in [1.54, 1.807) is 12.1 Å². The Hall–Kier alpha value is -2.65. The quantitative estimate of drug-likeness (QED) is 0.450. The van der Waals surface area contributed by atoms with Gasteiger partial charge in [0.25, 0.3) is 0 Å². The Kier molecular flexibility index (Phi) is 6.03. The summed E-state index contributed by atoms with van der Waals surface area (Å²) in [6, 6.07) is 13.0. The molecule has 0 saturated heterocycles. The smallest absolute Gasteiger partial charge is 0.217 e. The van der Waals surface area contributed by atoms with E-state index in [2.05, 4.69) is 20.8 Å². The fourth-order valence-corrected chi connectivity index (χ4v) is 3.64. The van der Waals surface area contributed by atoms with Crippen molar-refractivity contribution in [1.82, 2.24) is 15.5 Å². The highest BCUT2D eigenvalue weighted by atomic mass is 32.2. The summed E-state index contributed by atoms with van der Waals surface area (Å²) in [5.41, 5.74) is 0.929. The summed E-state index contributed by atoms with van der Waals surface area (Å²) in [6.45, 7) is 1.69. The number of thioether (sulfide) groups is 1. The molecule has 2 aromatic heterocycles. The number of para-hydroxylation sites is 1. The minimum atomic E-state index is -0.152. The first-order valence-corrected chi connectivity index (χ1v) is 9.55. The van der Waals surface area contributed by atoms with Gasteiger partial charge < -0.3 is 15.1 Å². The minimum absolute atomic E-state index is 0.142. The molecule has 26 heavy (non-hydrogen) atoms. The number of furan rings is 1. The van der Waals surface area contributed by atoms with Gasteiger partial charge in [0.05, 0.1) is 12.3 Å². The molecule has 0 bridgehead atoms. The van der Waals surface area contributed by atoms with E-state index in [0.29, 0.717) is 15.2 Å². The maximum Gasteiger partial charge on any atom is 0.217 e. The van der Waals surface area contributed by atoms with Gasteiger partial charge in [-0.3, -0.25) is 9.59 Å². The van der Waals surface area contributed by atoms with Gasteiger partial charge in [-0.1, -0.05) is 41.3 Å². The molecule has 7 nitrogen and oxygen atoms in total. The highest BCUT2D eigenvalue weighted by molar-refractivity contribution is 8.01. The zero-order valence-electron chi connectivity index (χ0n) is 13.9. The molecule has 1 aromatic carbocycles. The molecule has 0 aliphatic heterocycles. The second-order valence-corrected chi connectivity index (χ2v) is 7.45. The number of hydrogen-bond acceptors (Lipinski definition) is 8. The fourth-order valence-electron chi connectivity index (χ4n) is 2.00. The van der Waals surface area contributed by atoms with Crippen LogP contribution in [-0.4, -0.2) is 27.6 Å². The molecule has 0 saturated carbocycles. The number of Topliss-reactive ketones (excluding diaryl/α,β-unsaturated/α-hetero) is 1. The van der Waals surface area contributed by atoms with Crippen molar-refractivity contribution in [3.05, 3.63) is 54.0 Å². The van der Waals surface area contributed by atoms with Crippen molar-refractivity contribution in [3.8, 4) is 0 Å². The summed E-state index contributed by atoms with van der Waals surface area (Å²) >= 11 is 2.69. The first kappa shape index (κ1) is 18.2. The van der Waals surface area contributed by atoms with Crippen LogP contribution in [0.5, 0.6) is 0 Å². The van der Waals surface area contributed by atoms with Crippen LogP contribution in [0.2, 0.25) is 0 Å². The molecule has 0 aliphatic carbocycles. The van der Waals surface area contributed by atoms with E-state index in [9.17, 15) is 9.59 Å². The number of benzene rings is 1. The van der Waals surface area contributed by atoms with Crippen LogP contribution in [0.15, 0.2) is 51.2 Å². The Morgan fingerprint density at radius 1 is 1.15 bits per heavy atom. The fraction of sp³-hybridized carbons (Fsp3) is 0.176. The van der Waals surface area contributed by atoms with Crippen LogP contribution in [0.3, 0.4) is 0 Å². The predicted molar refractivity (Wildman–Crippen MR) is 101 cm³/mol. The van der Waals surface area contributed by atoms with Crippen LogP contribution < -0.4 is 10.6 Å². The minimum Gasteiger partial charge on any atom is -0.456 e. The largest absolute Gasteiger partial charge is 0.456 e. The topological polar surface area (TPSA) is 97.1 Å². The summed E-state index contributed by atoms with van der Waals surface area (Å²) in [4.78, 5) is 23.1. The van der Waals surface area contributed by atoms with E-state index in [1.807, 2.05) is 30.3 Å². The summed E-state index contributed by atoms with van der Waals surface area (Å²) in [6.07, 6.45) is 0. The number of carbonyl (C=O) groups excluding carboxylic acids is 2. The van der Waals surface area contributed by atoms with Crippen molar-refractivity contribution in [1.29, 1.82) is 0 Å². The van der Waals surface area contributed by atoms with Crippen LogP contribution in [0, 0.1) is 0 Å². The zero-order chi connectivity index (χ0) is 18.4. The van der Waals surface area contributed by atoms with Crippen LogP contribution in [-0.2, 0) is 11.3 Å². The van der Waals surface area contributed by atoms with E-state index in [4.69, 9.17) is 4.42 Å². The average molecular weight is 388 g/mol. The standard InChI is InChI=1S/C17H16N4O3S2/c1-11(22)18-9-13-7-8-15(24-13)14(23)10-25-17-21-20-16(26-17)19-12-5-3-2-4-6-12/h2-8H,9-10H2,1H3,(H,18,22)(H,19,20). The van der Waals surface area contributed by atoms with E-state index in [-0.39, 0.29) is 29.7 Å². The van der Waals surface area contributed by atoms with E-state index in [0.717, 1.165) is 5.69 Å². The van der Waals surface area contributed by atoms with Gasteiger partial charge in [-0.05, 0) is 24.3 Å². The van der Waals surface area contributed by atoms with Crippen LogP contribution in [0.4, 0.5) is 10.8 Å². The maximum absolute atomic E-state index is 12.2. The van der Waals surface area contributed by atoms with Gasteiger partial charge in [-0.25, -0.2) is 0 Å². The van der Waals surface area contributed by atoms with E-state index >= 15 is 0 Å². The summed E-state index contributed by atoms with van der Waals surface area (Å²) in [7, 11) is 0. The third-order valence-electron chi connectivity index (χ3n) is 3.21. The average Bonchev–Trinajstić information content (AvgIpc) is 3.28. The summed E-state index contributed by atoms with van der Waals surface area (Å²) in [5, 5.41) is 14.6. The maximum atomic E-state index is 12.2. The molecule has 0 fully saturated rings. The molecular formula is C17H16N4O3S2. The van der Waals surface area contributed by atoms with Crippen molar-refractivity contribution in [2.75, 3.05) is 11.1 Å². The lowest BCUT2D eigenvalue weighted by atomic mass is 10.3. The van der Waals surface area contributed by atoms with Crippen molar-refractivity contribution in [2.45, 2.75) is 17.8 Å². The second kappa shape index (κ2) is 8.63. The first-order chi connectivity index (χ1) is 12.6. The van der Waals surface area contributed by atoms with Gasteiger partial charge in [-0.2, -0.15) is 0 Å². The Balaban J connectivity index is 1.51. The molecular weight excluding hydrogens is 372 g/mol. The van der Waals surface area contributed by atoms with Crippen LogP contribution in [0.25, 0.3) is 0 Å². The summed E-state index contributed by atoms with van der Waals surface area (Å²) in [5.74, 6) is 0.717. The van der Waals surface area contributed by atoms with Gasteiger partial charge >= 0.3 is 0 Å². The molecule has 0 aliphatic rings. The van der Waals surface area contributed by atoms with Gasteiger partial charge in [0.2, 0.25) is 16.8 Å². The Morgan fingerprint density at radius 2 is 1.96 bits per heavy atom. The molecule has 0 radical (unpaired) electrons. The normalized spacial score (nSPS) is 10.5. The molecule has 134 valence electrons. The Labute approximate surface area is 158 Å². The van der Waals surface area contributed by atoms with Crippen molar-refractivity contribution in [2.24, 2.45) is 0 Å². The predicted octanol–water partition coefficient (Wildman–Crippen LogP) is 3.49. The number of nitrogens with zero attached hydrogens (tertiary/aromatic N) is 2. The highest BCUT2D eigenvalue weighted by Crippen LogP contribution is 2.28. The molecule has 3 rings (SSSR count). The summed E-state index contributed by atoms with van der Waals surface area (Å²) < 4.78 is 6.14. The van der Waals surface area contributed by atoms with Crippen molar-refractivity contribution in [3.63, 3.8) is 0 Å². The molecule has 1 amide bonds. The molecule has 2 heterocycles. The van der Waals surface area contributed by atoms with Gasteiger partial charge in [0.1, 0.15) is 5.76 Å². The number of rotatable bonds is 8. The lowest BCUT2D eigenvalue weighted by Gasteiger charge is -1.99. The number of carbonyl (C=O) groups is 2. The van der Waals surface area contributed by atoms with E-state index in [1.165, 1.54) is 30.0 Å². The van der Waals surface area contributed by atoms with Crippen molar-refractivity contribution >= 4 is 45.6 Å². The Morgan fingerprint density at radius 3 is 2.73 bits per heavy atom. The molecule has 0 spiro atoms. The SMILES string of the molecule is CC(=O)NCc1ccc(C(=O)CSc2nnc(Nc3ccccc3)s2)o1. The van der Waals surface area contributed by atoms with Gasteiger partial charge in [0, 0.05) is 12.6 Å². The van der Waals surface area contributed by atoms with Crippen molar-refractivity contribution < 1.29 is 14.0 Å². The first-order valence-electron chi connectivity index (χ1n) is 7.75. The third kappa shape index (κ3) is 5.17. The van der Waals surface area contributed by atoms with Crippen LogP contribution in [0.1, 0.15) is 23.2 Å². The van der Waals surface area contributed by atoms with Gasteiger partial charge in [-0.15, -0.1) is 10.2 Å². The molecule has 9 heteroatoms. The van der Waals surface area contributed by atoms with E-state index < -0.39 is 0 Å². The molecule has 3 aromatic rings. The third-order valence-corrected chi connectivity index (χ3v) is 5.18. The molecule has 2 N–H and O–H groups in total. The lowest BCUT2D eigenvalue weighted by Crippen LogP contribution is -2.18. The Bertz CT molecular complexity index is 892. The van der Waals surface area contributed by atoms with Crippen LogP contribution >= 0.6 is 23.1 Å². The highest BCUT2D eigenvalue weighted by Gasteiger charge is 2.14. The number of anilines is 2.